The molecule has 0 atom stereocenters. The third-order valence-electron chi connectivity index (χ3n) is 5.00. The Balaban J connectivity index is 0.00000320. The molecule has 0 unspecified atom stereocenters. The first-order valence-corrected chi connectivity index (χ1v) is 9.71. The van der Waals surface area contributed by atoms with E-state index >= 15 is 0 Å². The van der Waals surface area contributed by atoms with Gasteiger partial charge >= 0.3 is 0 Å². The van der Waals surface area contributed by atoms with E-state index in [1.807, 2.05) is 18.2 Å². The minimum Gasteiger partial charge on any atom is -0.493 e. The Morgan fingerprint density at radius 3 is 2.33 bits per heavy atom. The molecule has 0 saturated heterocycles. The Labute approximate surface area is 194 Å². The maximum Gasteiger partial charge on any atom is 0.248 e. The highest BCUT2D eigenvalue weighted by molar-refractivity contribution is 14.0. The van der Waals surface area contributed by atoms with Gasteiger partial charge in [-0.1, -0.05) is 12.1 Å². The number of nitrogens with two attached hydrogens (primary N) is 1. The van der Waals surface area contributed by atoms with Crippen LogP contribution >= 0.6 is 24.0 Å². The zero-order valence-corrected chi connectivity index (χ0v) is 19.9. The van der Waals surface area contributed by atoms with Crippen molar-refractivity contribution in [2.45, 2.75) is 26.4 Å². The lowest BCUT2D eigenvalue weighted by Gasteiger charge is -2.32. The average molecular weight is 524 g/mol. The second kappa shape index (κ2) is 11.1. The molecule has 1 aliphatic rings. The van der Waals surface area contributed by atoms with Gasteiger partial charge in [0.15, 0.2) is 17.5 Å². The fourth-order valence-corrected chi connectivity index (χ4v) is 3.43. The van der Waals surface area contributed by atoms with Crippen LogP contribution in [0.4, 0.5) is 0 Å². The molecular weight excluding hydrogens is 495 g/mol. The molecule has 2 aromatic carbocycles. The lowest BCUT2D eigenvalue weighted by Crippen LogP contribution is -2.44. The zero-order chi connectivity index (χ0) is 20.8. The minimum absolute atomic E-state index is 0. The predicted molar refractivity (Wildman–Crippen MR) is 129 cm³/mol. The van der Waals surface area contributed by atoms with E-state index in [-0.39, 0.29) is 24.0 Å². The average Bonchev–Trinajstić information content (AvgIpc) is 2.75. The van der Waals surface area contributed by atoms with Crippen molar-refractivity contribution < 1.29 is 14.3 Å². The number of fused-ring (bicyclic) bond motifs is 1. The van der Waals surface area contributed by atoms with Crippen molar-refractivity contribution in [3.8, 4) is 11.5 Å². The van der Waals surface area contributed by atoms with Crippen LogP contribution in [-0.4, -0.2) is 44.1 Å². The number of carbonyl (C=O) groups is 1. The summed E-state index contributed by atoms with van der Waals surface area (Å²) in [7, 11) is 3.31. The summed E-state index contributed by atoms with van der Waals surface area (Å²) in [5.74, 6) is 1.95. The SMILES string of the molecule is CCNC(=NCc1ccc(C(N)=O)cc1)N1CCc2cc(OC)c(OC)cc2C1.I. The van der Waals surface area contributed by atoms with Crippen LogP contribution in [0.1, 0.15) is 34.0 Å². The molecule has 1 aliphatic heterocycles. The van der Waals surface area contributed by atoms with E-state index in [4.69, 9.17) is 20.2 Å². The molecule has 30 heavy (non-hydrogen) atoms. The van der Waals surface area contributed by atoms with Crippen molar-refractivity contribution in [2.75, 3.05) is 27.3 Å². The molecule has 0 saturated carbocycles. The number of hydrogen-bond acceptors (Lipinski definition) is 4. The van der Waals surface area contributed by atoms with E-state index in [0.29, 0.717) is 12.1 Å². The summed E-state index contributed by atoms with van der Waals surface area (Å²) in [5.41, 5.74) is 9.31. The Hall–Kier alpha value is -2.49. The molecule has 0 aromatic heterocycles. The highest BCUT2D eigenvalue weighted by Gasteiger charge is 2.21. The van der Waals surface area contributed by atoms with Crippen molar-refractivity contribution in [1.29, 1.82) is 0 Å². The van der Waals surface area contributed by atoms with E-state index in [0.717, 1.165) is 49.1 Å². The number of benzene rings is 2. The number of nitrogens with one attached hydrogen (secondary N) is 1. The zero-order valence-electron chi connectivity index (χ0n) is 17.6. The van der Waals surface area contributed by atoms with Crippen LogP contribution in [-0.2, 0) is 19.5 Å². The van der Waals surface area contributed by atoms with Crippen molar-refractivity contribution in [3.05, 3.63) is 58.7 Å². The summed E-state index contributed by atoms with van der Waals surface area (Å²) in [4.78, 5) is 18.3. The smallest absolute Gasteiger partial charge is 0.248 e. The molecule has 3 N–H and O–H groups in total. The second-order valence-electron chi connectivity index (χ2n) is 6.88. The topological polar surface area (TPSA) is 89.2 Å². The van der Waals surface area contributed by atoms with Gasteiger partial charge in [-0.2, -0.15) is 0 Å². The van der Waals surface area contributed by atoms with Gasteiger partial charge in [0.2, 0.25) is 5.91 Å². The van der Waals surface area contributed by atoms with Gasteiger partial charge in [-0.3, -0.25) is 4.79 Å². The Kier molecular flexibility index (Phi) is 8.76. The molecule has 8 heteroatoms. The molecule has 0 fully saturated rings. The number of nitrogens with zero attached hydrogens (tertiary/aromatic N) is 2. The van der Waals surface area contributed by atoms with Gasteiger partial charge in [-0.05, 0) is 54.3 Å². The first-order valence-electron chi connectivity index (χ1n) is 9.71. The Morgan fingerprint density at radius 2 is 1.77 bits per heavy atom. The van der Waals surface area contributed by atoms with E-state index < -0.39 is 5.91 Å². The van der Waals surface area contributed by atoms with Crippen molar-refractivity contribution >= 4 is 35.8 Å². The van der Waals surface area contributed by atoms with Gasteiger partial charge in [-0.25, -0.2) is 4.99 Å². The molecule has 7 nitrogen and oxygen atoms in total. The number of ether oxygens (including phenoxy) is 2. The molecule has 0 aliphatic carbocycles. The van der Waals surface area contributed by atoms with E-state index in [1.54, 1.807) is 26.4 Å². The number of amides is 1. The lowest BCUT2D eigenvalue weighted by atomic mass is 9.99. The van der Waals surface area contributed by atoms with Crippen molar-refractivity contribution in [2.24, 2.45) is 10.7 Å². The van der Waals surface area contributed by atoms with Gasteiger partial charge in [0.1, 0.15) is 0 Å². The van der Waals surface area contributed by atoms with Crippen LogP contribution < -0.4 is 20.5 Å². The molecule has 0 bridgehead atoms. The normalized spacial score (nSPS) is 13.2. The Morgan fingerprint density at radius 1 is 1.13 bits per heavy atom. The number of rotatable bonds is 6. The van der Waals surface area contributed by atoms with Crippen LogP contribution in [0, 0.1) is 0 Å². The first kappa shape index (κ1) is 23.8. The molecule has 1 amide bonds. The Bertz CT molecular complexity index is 900. The van der Waals surface area contributed by atoms with Gasteiger partial charge in [0, 0.05) is 25.2 Å². The minimum atomic E-state index is -0.424. The maximum atomic E-state index is 11.2. The van der Waals surface area contributed by atoms with Gasteiger partial charge in [0.25, 0.3) is 0 Å². The second-order valence-corrected chi connectivity index (χ2v) is 6.88. The summed E-state index contributed by atoms with van der Waals surface area (Å²) < 4.78 is 10.9. The van der Waals surface area contributed by atoms with Crippen LogP contribution in [0.15, 0.2) is 41.4 Å². The summed E-state index contributed by atoms with van der Waals surface area (Å²) in [6.45, 7) is 4.99. The maximum absolute atomic E-state index is 11.2. The number of carbonyl (C=O) groups excluding carboxylic acids is 1. The molecular formula is C22H29IN4O3. The summed E-state index contributed by atoms with van der Waals surface area (Å²) in [6, 6.07) is 11.3. The molecule has 162 valence electrons. The fourth-order valence-electron chi connectivity index (χ4n) is 3.43. The number of halogens is 1. The third-order valence-corrected chi connectivity index (χ3v) is 5.00. The van der Waals surface area contributed by atoms with Crippen LogP contribution in [0.5, 0.6) is 11.5 Å². The number of aliphatic imine (C=N–C) groups is 1. The quantitative estimate of drug-likeness (QED) is 0.345. The highest BCUT2D eigenvalue weighted by Crippen LogP contribution is 2.33. The van der Waals surface area contributed by atoms with E-state index in [2.05, 4.69) is 23.2 Å². The predicted octanol–water partition coefficient (Wildman–Crippen LogP) is 2.94. The highest BCUT2D eigenvalue weighted by atomic mass is 127. The molecule has 2 aromatic rings. The largest absolute Gasteiger partial charge is 0.493 e. The van der Waals surface area contributed by atoms with Crippen molar-refractivity contribution in [1.82, 2.24) is 10.2 Å². The van der Waals surface area contributed by atoms with Crippen molar-refractivity contribution in [3.63, 3.8) is 0 Å². The first-order chi connectivity index (χ1) is 14.0. The molecule has 0 spiro atoms. The summed E-state index contributed by atoms with van der Waals surface area (Å²) >= 11 is 0. The molecule has 0 radical (unpaired) electrons. The molecule has 3 rings (SSSR count). The number of hydrogen-bond donors (Lipinski definition) is 2. The summed E-state index contributed by atoms with van der Waals surface area (Å²) in [5, 5.41) is 3.38. The number of primary amides is 1. The lowest BCUT2D eigenvalue weighted by molar-refractivity contribution is 0.100. The third kappa shape index (κ3) is 5.56. The van der Waals surface area contributed by atoms with E-state index in [9.17, 15) is 4.79 Å². The van der Waals surface area contributed by atoms with Crippen LogP contribution in [0.2, 0.25) is 0 Å². The van der Waals surface area contributed by atoms with Gasteiger partial charge in [0.05, 0.1) is 20.8 Å². The van der Waals surface area contributed by atoms with Crippen LogP contribution in [0.3, 0.4) is 0 Å². The molecule has 1 heterocycles. The fraction of sp³-hybridized carbons (Fsp3) is 0.364. The van der Waals surface area contributed by atoms with Crippen LogP contribution in [0.25, 0.3) is 0 Å². The number of guanidine groups is 1. The van der Waals surface area contributed by atoms with Gasteiger partial charge in [-0.15, -0.1) is 24.0 Å². The standard InChI is InChI=1S/C22H28N4O3.HI/c1-4-24-22(25-13-15-5-7-16(8-6-15)21(23)27)26-10-9-17-11-19(28-2)20(29-3)12-18(17)14-26;/h5-8,11-12H,4,9-10,13-14H2,1-3H3,(H2,23,27)(H,24,25);1H. The van der Waals surface area contributed by atoms with Gasteiger partial charge < -0.3 is 25.4 Å². The summed E-state index contributed by atoms with van der Waals surface area (Å²) in [6.07, 6.45) is 0.910. The monoisotopic (exact) mass is 524 g/mol. The number of methoxy groups -OCH3 is 2. The van der Waals surface area contributed by atoms with E-state index in [1.165, 1.54) is 11.1 Å².